The molecule has 1 rings (SSSR count). The Morgan fingerprint density at radius 1 is 1.26 bits per heavy atom. The quantitative estimate of drug-likeness (QED) is 0.835. The third kappa shape index (κ3) is 5.21. The van der Waals surface area contributed by atoms with Crippen LogP contribution in [0.2, 0.25) is 0 Å². The largest absolute Gasteiger partial charge is 0.456 e. The van der Waals surface area contributed by atoms with Gasteiger partial charge in [0.15, 0.2) is 5.78 Å². The lowest BCUT2D eigenvalue weighted by molar-refractivity contribution is -0.149. The smallest absolute Gasteiger partial charge is 0.328 e. The van der Waals surface area contributed by atoms with Crippen molar-refractivity contribution >= 4 is 33.6 Å². The van der Waals surface area contributed by atoms with Crippen LogP contribution in [0.3, 0.4) is 0 Å². The summed E-state index contributed by atoms with van der Waals surface area (Å²) in [6, 6.07) is 5.91. The molecular weight excluding hydrogens is 314 g/mol. The van der Waals surface area contributed by atoms with Gasteiger partial charge in [0.05, 0.1) is 0 Å². The van der Waals surface area contributed by atoms with E-state index >= 15 is 0 Å². The second-order valence-electron chi connectivity index (χ2n) is 4.01. The SMILES string of the molecule is CC(=O)COC(=O)[C@H](C)NC(=O)c1ccc(Br)cc1. The van der Waals surface area contributed by atoms with Crippen LogP contribution in [-0.4, -0.2) is 30.3 Å². The molecule has 0 bridgehead atoms. The van der Waals surface area contributed by atoms with Crippen molar-refractivity contribution in [1.29, 1.82) is 0 Å². The van der Waals surface area contributed by atoms with Gasteiger partial charge < -0.3 is 10.1 Å². The van der Waals surface area contributed by atoms with Crippen molar-refractivity contribution in [3.05, 3.63) is 34.3 Å². The van der Waals surface area contributed by atoms with Crippen molar-refractivity contribution in [3.63, 3.8) is 0 Å². The van der Waals surface area contributed by atoms with Crippen molar-refractivity contribution in [2.45, 2.75) is 19.9 Å². The van der Waals surface area contributed by atoms with E-state index in [1.54, 1.807) is 24.3 Å². The van der Waals surface area contributed by atoms with Gasteiger partial charge in [-0.3, -0.25) is 9.59 Å². The molecule has 1 aromatic carbocycles. The fraction of sp³-hybridized carbons (Fsp3) is 0.308. The molecule has 1 N–H and O–H groups in total. The summed E-state index contributed by atoms with van der Waals surface area (Å²) in [6.45, 7) is 2.54. The molecule has 0 spiro atoms. The van der Waals surface area contributed by atoms with E-state index in [1.807, 2.05) is 0 Å². The van der Waals surface area contributed by atoms with E-state index < -0.39 is 12.0 Å². The summed E-state index contributed by atoms with van der Waals surface area (Å²) in [5, 5.41) is 2.50. The van der Waals surface area contributed by atoms with E-state index in [9.17, 15) is 14.4 Å². The number of hydrogen-bond acceptors (Lipinski definition) is 4. The molecule has 5 nitrogen and oxygen atoms in total. The standard InChI is InChI=1S/C13H14BrNO4/c1-8(16)7-19-13(18)9(2)15-12(17)10-3-5-11(14)6-4-10/h3-6,9H,7H2,1-2H3,(H,15,17)/t9-/m0/s1. The average molecular weight is 328 g/mol. The minimum atomic E-state index is -0.810. The number of amides is 1. The predicted octanol–water partition coefficient (Wildman–Crippen LogP) is 1.70. The van der Waals surface area contributed by atoms with Gasteiger partial charge in [-0.2, -0.15) is 0 Å². The second-order valence-corrected chi connectivity index (χ2v) is 4.93. The highest BCUT2D eigenvalue weighted by molar-refractivity contribution is 9.10. The number of ether oxygens (including phenoxy) is 1. The highest BCUT2D eigenvalue weighted by atomic mass is 79.9. The monoisotopic (exact) mass is 327 g/mol. The van der Waals surface area contributed by atoms with Gasteiger partial charge in [-0.25, -0.2) is 4.79 Å². The van der Waals surface area contributed by atoms with Crippen molar-refractivity contribution in [1.82, 2.24) is 5.32 Å². The van der Waals surface area contributed by atoms with Crippen LogP contribution in [0.1, 0.15) is 24.2 Å². The highest BCUT2D eigenvalue weighted by Crippen LogP contribution is 2.10. The third-order valence-corrected chi connectivity index (χ3v) is 2.75. The zero-order valence-electron chi connectivity index (χ0n) is 10.6. The zero-order valence-corrected chi connectivity index (χ0v) is 12.2. The van der Waals surface area contributed by atoms with Crippen molar-refractivity contribution in [2.24, 2.45) is 0 Å². The molecule has 0 heterocycles. The van der Waals surface area contributed by atoms with E-state index in [4.69, 9.17) is 4.74 Å². The zero-order chi connectivity index (χ0) is 14.4. The van der Waals surface area contributed by atoms with Gasteiger partial charge in [0.25, 0.3) is 5.91 Å². The Hall–Kier alpha value is -1.69. The van der Waals surface area contributed by atoms with Crippen LogP contribution in [-0.2, 0) is 14.3 Å². The number of ketones is 1. The van der Waals surface area contributed by atoms with Crippen LogP contribution in [0.25, 0.3) is 0 Å². The van der Waals surface area contributed by atoms with Crippen molar-refractivity contribution in [3.8, 4) is 0 Å². The van der Waals surface area contributed by atoms with E-state index in [0.717, 1.165) is 4.47 Å². The van der Waals surface area contributed by atoms with Crippen LogP contribution in [0.15, 0.2) is 28.7 Å². The molecule has 0 aromatic heterocycles. The maximum Gasteiger partial charge on any atom is 0.328 e. The molecule has 6 heteroatoms. The summed E-state index contributed by atoms with van der Waals surface area (Å²) < 4.78 is 5.57. The summed E-state index contributed by atoms with van der Waals surface area (Å²) in [6.07, 6.45) is 0. The van der Waals surface area contributed by atoms with Gasteiger partial charge in [0.2, 0.25) is 0 Å². The Bertz CT molecular complexity index is 484. The first-order chi connectivity index (χ1) is 8.90. The Morgan fingerprint density at radius 3 is 2.37 bits per heavy atom. The molecule has 0 aliphatic rings. The van der Waals surface area contributed by atoms with Crippen molar-refractivity contribution in [2.75, 3.05) is 6.61 Å². The number of halogens is 1. The lowest BCUT2D eigenvalue weighted by Crippen LogP contribution is -2.40. The number of Topliss-reactive ketones (excluding diaryl/α,β-unsaturated/α-hetero) is 1. The van der Waals surface area contributed by atoms with Gasteiger partial charge in [0, 0.05) is 10.0 Å². The molecule has 0 aliphatic carbocycles. The lowest BCUT2D eigenvalue weighted by Gasteiger charge is -2.12. The number of esters is 1. The Morgan fingerprint density at radius 2 is 1.84 bits per heavy atom. The molecule has 0 saturated carbocycles. The lowest BCUT2D eigenvalue weighted by atomic mass is 10.2. The highest BCUT2D eigenvalue weighted by Gasteiger charge is 2.18. The molecule has 0 fully saturated rings. The molecule has 0 unspecified atom stereocenters. The summed E-state index contributed by atoms with van der Waals surface area (Å²) in [4.78, 5) is 34.0. The fourth-order valence-corrected chi connectivity index (χ4v) is 1.50. The minimum Gasteiger partial charge on any atom is -0.456 e. The Labute approximate surface area is 119 Å². The Balaban J connectivity index is 2.54. The van der Waals surface area contributed by atoms with Crippen LogP contribution in [0.5, 0.6) is 0 Å². The number of nitrogens with one attached hydrogen (secondary N) is 1. The van der Waals surface area contributed by atoms with Crippen molar-refractivity contribution < 1.29 is 19.1 Å². The summed E-state index contributed by atoms with van der Waals surface area (Å²) in [5.74, 6) is -1.26. The number of carbonyl (C=O) groups is 3. The van der Waals surface area contributed by atoms with Gasteiger partial charge in [-0.1, -0.05) is 15.9 Å². The molecule has 0 saturated heterocycles. The summed E-state index contributed by atoms with van der Waals surface area (Å²) >= 11 is 3.26. The van der Waals surface area contributed by atoms with Crippen LogP contribution >= 0.6 is 15.9 Å². The fourth-order valence-electron chi connectivity index (χ4n) is 1.24. The number of hydrogen-bond donors (Lipinski definition) is 1. The molecule has 0 radical (unpaired) electrons. The molecule has 1 atom stereocenters. The molecular formula is C13H14BrNO4. The Kier molecular flexibility index (Phi) is 5.69. The molecule has 102 valence electrons. The number of benzene rings is 1. The third-order valence-electron chi connectivity index (χ3n) is 2.23. The van der Waals surface area contributed by atoms with Gasteiger partial charge in [0.1, 0.15) is 12.6 Å². The van der Waals surface area contributed by atoms with Crippen LogP contribution in [0, 0.1) is 0 Å². The van der Waals surface area contributed by atoms with Gasteiger partial charge in [-0.15, -0.1) is 0 Å². The minimum absolute atomic E-state index is 0.250. The number of rotatable bonds is 5. The molecule has 19 heavy (non-hydrogen) atoms. The topological polar surface area (TPSA) is 72.5 Å². The van der Waals surface area contributed by atoms with E-state index in [1.165, 1.54) is 13.8 Å². The molecule has 0 aliphatic heterocycles. The summed E-state index contributed by atoms with van der Waals surface area (Å²) in [5.41, 5.74) is 0.439. The maximum absolute atomic E-state index is 11.8. The van der Waals surface area contributed by atoms with E-state index in [-0.39, 0.29) is 18.3 Å². The van der Waals surface area contributed by atoms with Crippen LogP contribution in [0.4, 0.5) is 0 Å². The normalized spacial score (nSPS) is 11.5. The number of carbonyl (C=O) groups excluding carboxylic acids is 3. The predicted molar refractivity (Wildman–Crippen MR) is 72.7 cm³/mol. The summed E-state index contributed by atoms with van der Waals surface area (Å²) in [7, 11) is 0. The van der Waals surface area contributed by atoms with Gasteiger partial charge in [-0.05, 0) is 38.1 Å². The first kappa shape index (κ1) is 15.4. The second kappa shape index (κ2) is 7.04. The first-order valence-electron chi connectivity index (χ1n) is 5.62. The molecule has 1 amide bonds. The maximum atomic E-state index is 11.8. The first-order valence-corrected chi connectivity index (χ1v) is 6.42. The van der Waals surface area contributed by atoms with Gasteiger partial charge >= 0.3 is 5.97 Å². The molecule has 1 aromatic rings. The van der Waals surface area contributed by atoms with E-state index in [2.05, 4.69) is 21.2 Å². The van der Waals surface area contributed by atoms with Crippen LogP contribution < -0.4 is 5.32 Å². The van der Waals surface area contributed by atoms with E-state index in [0.29, 0.717) is 5.56 Å². The average Bonchev–Trinajstić information content (AvgIpc) is 2.36.